The standard InChI is InChI=1S/C15H25N3O/c1-15(2,3)12-6-5-8-18(9-7-12)14(19)13-10-17(4)11-16-13/h10-12H,5-9H2,1-4H3. The average Bonchev–Trinajstić information content (AvgIpc) is 2.62. The predicted octanol–water partition coefficient (Wildman–Crippen LogP) is 2.71. The Morgan fingerprint density at radius 1 is 1.32 bits per heavy atom. The molecule has 1 aliphatic rings. The summed E-state index contributed by atoms with van der Waals surface area (Å²) in [7, 11) is 1.89. The smallest absolute Gasteiger partial charge is 0.274 e. The van der Waals surface area contributed by atoms with Crippen molar-refractivity contribution in [1.29, 1.82) is 0 Å². The first kappa shape index (κ1) is 14.1. The van der Waals surface area contributed by atoms with Crippen molar-refractivity contribution < 1.29 is 4.79 Å². The van der Waals surface area contributed by atoms with Gasteiger partial charge in [0.2, 0.25) is 0 Å². The first-order valence-electron chi connectivity index (χ1n) is 7.15. The fraction of sp³-hybridized carbons (Fsp3) is 0.733. The van der Waals surface area contributed by atoms with Crippen molar-refractivity contribution in [1.82, 2.24) is 14.5 Å². The number of aromatic nitrogens is 2. The van der Waals surface area contributed by atoms with Gasteiger partial charge in [0.1, 0.15) is 5.69 Å². The van der Waals surface area contributed by atoms with Crippen LogP contribution in [-0.2, 0) is 7.05 Å². The number of rotatable bonds is 1. The summed E-state index contributed by atoms with van der Waals surface area (Å²) in [6.45, 7) is 8.62. The molecule has 0 saturated carbocycles. The molecule has 1 aromatic rings. The largest absolute Gasteiger partial charge is 0.340 e. The number of aryl methyl sites for hydroxylation is 1. The van der Waals surface area contributed by atoms with Gasteiger partial charge in [-0.05, 0) is 30.6 Å². The second kappa shape index (κ2) is 5.35. The summed E-state index contributed by atoms with van der Waals surface area (Å²) in [4.78, 5) is 18.5. The van der Waals surface area contributed by atoms with Gasteiger partial charge in [-0.25, -0.2) is 4.98 Å². The molecule has 0 N–H and O–H groups in total. The zero-order chi connectivity index (χ0) is 14.0. The van der Waals surface area contributed by atoms with Crippen molar-refractivity contribution in [2.75, 3.05) is 13.1 Å². The minimum absolute atomic E-state index is 0.0789. The van der Waals surface area contributed by atoms with E-state index in [1.165, 1.54) is 6.42 Å². The third kappa shape index (κ3) is 3.37. The molecule has 1 aliphatic heterocycles. The monoisotopic (exact) mass is 263 g/mol. The van der Waals surface area contributed by atoms with Crippen molar-refractivity contribution in [2.24, 2.45) is 18.4 Å². The number of carbonyl (C=O) groups is 1. The van der Waals surface area contributed by atoms with Crippen LogP contribution >= 0.6 is 0 Å². The molecular formula is C15H25N3O. The molecule has 1 amide bonds. The van der Waals surface area contributed by atoms with Gasteiger partial charge in [0.15, 0.2) is 0 Å². The zero-order valence-corrected chi connectivity index (χ0v) is 12.5. The molecule has 1 fully saturated rings. The average molecular weight is 263 g/mol. The van der Waals surface area contributed by atoms with Crippen LogP contribution in [-0.4, -0.2) is 33.4 Å². The van der Waals surface area contributed by atoms with Crippen LogP contribution in [0.4, 0.5) is 0 Å². The van der Waals surface area contributed by atoms with Gasteiger partial charge in [-0.2, -0.15) is 0 Å². The van der Waals surface area contributed by atoms with Crippen LogP contribution in [0.3, 0.4) is 0 Å². The van der Waals surface area contributed by atoms with Gasteiger partial charge in [0.05, 0.1) is 6.33 Å². The van der Waals surface area contributed by atoms with Crippen molar-refractivity contribution in [3.05, 3.63) is 18.2 Å². The van der Waals surface area contributed by atoms with Gasteiger partial charge in [-0.3, -0.25) is 4.79 Å². The maximum atomic E-state index is 12.4. The van der Waals surface area contributed by atoms with Gasteiger partial charge in [0, 0.05) is 26.3 Å². The van der Waals surface area contributed by atoms with E-state index in [2.05, 4.69) is 25.8 Å². The van der Waals surface area contributed by atoms with E-state index in [1.54, 1.807) is 12.5 Å². The van der Waals surface area contributed by atoms with E-state index in [1.807, 2.05) is 16.5 Å². The van der Waals surface area contributed by atoms with Crippen LogP contribution in [0, 0.1) is 11.3 Å². The lowest BCUT2D eigenvalue weighted by molar-refractivity contribution is 0.0750. The Hall–Kier alpha value is -1.32. The third-order valence-electron chi connectivity index (χ3n) is 4.16. The van der Waals surface area contributed by atoms with E-state index < -0.39 is 0 Å². The summed E-state index contributed by atoms with van der Waals surface area (Å²) in [5.41, 5.74) is 0.904. The van der Waals surface area contributed by atoms with Crippen molar-refractivity contribution in [3.63, 3.8) is 0 Å². The topological polar surface area (TPSA) is 38.1 Å². The number of hydrogen-bond donors (Lipinski definition) is 0. The molecule has 2 heterocycles. The Bertz CT molecular complexity index is 444. The highest BCUT2D eigenvalue weighted by atomic mass is 16.2. The van der Waals surface area contributed by atoms with Crippen LogP contribution in [0.5, 0.6) is 0 Å². The predicted molar refractivity (Wildman–Crippen MR) is 75.9 cm³/mol. The van der Waals surface area contributed by atoms with E-state index in [0.717, 1.165) is 25.9 Å². The molecule has 0 bridgehead atoms. The molecule has 2 rings (SSSR count). The first-order valence-corrected chi connectivity index (χ1v) is 7.15. The molecule has 0 aliphatic carbocycles. The van der Waals surface area contributed by atoms with Crippen molar-refractivity contribution in [2.45, 2.75) is 40.0 Å². The lowest BCUT2D eigenvalue weighted by Crippen LogP contribution is -2.32. The van der Waals surface area contributed by atoms with Gasteiger partial charge >= 0.3 is 0 Å². The molecule has 1 saturated heterocycles. The van der Waals surface area contributed by atoms with Gasteiger partial charge in [0.25, 0.3) is 5.91 Å². The second-order valence-electron chi connectivity index (χ2n) is 6.71. The molecule has 0 aromatic carbocycles. The summed E-state index contributed by atoms with van der Waals surface area (Å²) >= 11 is 0. The van der Waals surface area contributed by atoms with Crippen molar-refractivity contribution in [3.8, 4) is 0 Å². The van der Waals surface area contributed by atoms with Crippen molar-refractivity contribution >= 4 is 5.91 Å². The van der Waals surface area contributed by atoms with Crippen LogP contribution in [0.1, 0.15) is 50.5 Å². The first-order chi connectivity index (χ1) is 8.88. The summed E-state index contributed by atoms with van der Waals surface area (Å²) in [5, 5.41) is 0. The maximum Gasteiger partial charge on any atom is 0.274 e. The van der Waals surface area contributed by atoms with Crippen LogP contribution < -0.4 is 0 Å². The molecule has 0 radical (unpaired) electrons. The summed E-state index contributed by atoms with van der Waals surface area (Å²) < 4.78 is 1.82. The van der Waals surface area contributed by atoms with E-state index in [-0.39, 0.29) is 5.91 Å². The highest BCUT2D eigenvalue weighted by Crippen LogP contribution is 2.34. The minimum atomic E-state index is 0.0789. The summed E-state index contributed by atoms with van der Waals surface area (Å²) in [6, 6.07) is 0. The summed E-state index contributed by atoms with van der Waals surface area (Å²) in [6.07, 6.45) is 6.90. The van der Waals surface area contributed by atoms with E-state index in [4.69, 9.17) is 0 Å². The Balaban J connectivity index is 2.01. The molecule has 4 nitrogen and oxygen atoms in total. The molecule has 1 unspecified atom stereocenters. The summed E-state index contributed by atoms with van der Waals surface area (Å²) in [5.74, 6) is 0.782. The van der Waals surface area contributed by atoms with Crippen LogP contribution in [0.15, 0.2) is 12.5 Å². The Morgan fingerprint density at radius 2 is 2.05 bits per heavy atom. The van der Waals surface area contributed by atoms with Gasteiger partial charge in [-0.15, -0.1) is 0 Å². The quantitative estimate of drug-likeness (QED) is 0.781. The molecule has 1 atom stereocenters. The van der Waals surface area contributed by atoms with E-state index in [9.17, 15) is 4.79 Å². The zero-order valence-electron chi connectivity index (χ0n) is 12.5. The number of carbonyl (C=O) groups excluding carboxylic acids is 1. The van der Waals surface area contributed by atoms with Gasteiger partial charge < -0.3 is 9.47 Å². The van der Waals surface area contributed by atoms with Gasteiger partial charge in [-0.1, -0.05) is 20.8 Å². The van der Waals surface area contributed by atoms with Crippen LogP contribution in [0.25, 0.3) is 0 Å². The number of likely N-dealkylation sites (tertiary alicyclic amines) is 1. The maximum absolute atomic E-state index is 12.4. The number of amides is 1. The molecule has 106 valence electrons. The third-order valence-corrected chi connectivity index (χ3v) is 4.16. The molecule has 1 aromatic heterocycles. The Labute approximate surface area is 115 Å². The minimum Gasteiger partial charge on any atom is -0.340 e. The Kier molecular flexibility index (Phi) is 3.97. The van der Waals surface area contributed by atoms with E-state index >= 15 is 0 Å². The lowest BCUT2D eigenvalue weighted by Gasteiger charge is -2.29. The number of hydrogen-bond acceptors (Lipinski definition) is 2. The fourth-order valence-corrected chi connectivity index (χ4v) is 2.85. The second-order valence-corrected chi connectivity index (χ2v) is 6.71. The molecule has 4 heteroatoms. The lowest BCUT2D eigenvalue weighted by atomic mass is 9.77. The highest BCUT2D eigenvalue weighted by Gasteiger charge is 2.29. The van der Waals surface area contributed by atoms with E-state index in [0.29, 0.717) is 17.0 Å². The molecule has 19 heavy (non-hydrogen) atoms. The number of imidazole rings is 1. The normalized spacial score (nSPS) is 21.3. The van der Waals surface area contributed by atoms with Crippen LogP contribution in [0.2, 0.25) is 0 Å². The Morgan fingerprint density at radius 3 is 2.63 bits per heavy atom. The number of nitrogens with zero attached hydrogens (tertiary/aromatic N) is 3. The molecular weight excluding hydrogens is 238 g/mol. The highest BCUT2D eigenvalue weighted by molar-refractivity contribution is 5.92. The molecule has 0 spiro atoms. The SMILES string of the molecule is Cn1cnc(C(=O)N2CCCC(C(C)(C)C)CC2)c1. The fourth-order valence-electron chi connectivity index (χ4n) is 2.85.